The van der Waals surface area contributed by atoms with Crippen molar-refractivity contribution in [2.75, 3.05) is 11.6 Å². The zero-order chi connectivity index (χ0) is 23.9. The van der Waals surface area contributed by atoms with E-state index in [4.69, 9.17) is 4.74 Å². The summed E-state index contributed by atoms with van der Waals surface area (Å²) in [5, 5.41) is 41.7. The number of rotatable bonds is 4. The van der Waals surface area contributed by atoms with E-state index < -0.39 is 48.7 Å². The first-order valence-electron chi connectivity index (χ1n) is 10.1. The van der Waals surface area contributed by atoms with Crippen LogP contribution in [-0.4, -0.2) is 73.2 Å². The molecule has 3 aromatic rings. The molecule has 1 saturated heterocycles. The SMILES string of the molecule is CC(=O)N([C@@H]1O[C@H](CO)[C@H](O)[C@H](O)[C@H]1O)n1c(-c2ccccc2)nc2ccc(Br)cc2c1=O. The average molecular weight is 520 g/mol. The van der Waals surface area contributed by atoms with Crippen LogP contribution in [0.4, 0.5) is 0 Å². The summed E-state index contributed by atoms with van der Waals surface area (Å²) in [5.41, 5.74) is 0.276. The summed E-state index contributed by atoms with van der Waals surface area (Å²) in [5.74, 6) is -0.600. The molecule has 1 aliphatic heterocycles. The summed E-state index contributed by atoms with van der Waals surface area (Å²) in [4.78, 5) is 31.1. The number of aliphatic hydroxyl groups excluding tert-OH is 4. The van der Waals surface area contributed by atoms with E-state index in [0.29, 0.717) is 15.6 Å². The fourth-order valence-corrected chi connectivity index (χ4v) is 4.20. The fourth-order valence-electron chi connectivity index (χ4n) is 3.84. The third-order valence-electron chi connectivity index (χ3n) is 5.49. The number of hydrogen-bond donors (Lipinski definition) is 4. The van der Waals surface area contributed by atoms with Gasteiger partial charge in [-0.2, -0.15) is 4.68 Å². The van der Waals surface area contributed by atoms with E-state index in [1.807, 2.05) is 0 Å². The van der Waals surface area contributed by atoms with Crippen molar-refractivity contribution in [3.8, 4) is 11.4 Å². The zero-order valence-electron chi connectivity index (χ0n) is 17.4. The first-order chi connectivity index (χ1) is 15.7. The van der Waals surface area contributed by atoms with Gasteiger partial charge in [0.2, 0.25) is 5.91 Å². The van der Waals surface area contributed by atoms with Crippen LogP contribution in [0.5, 0.6) is 0 Å². The van der Waals surface area contributed by atoms with Gasteiger partial charge in [-0.3, -0.25) is 9.59 Å². The van der Waals surface area contributed by atoms with E-state index in [1.165, 1.54) is 0 Å². The molecule has 1 aliphatic rings. The summed E-state index contributed by atoms with van der Waals surface area (Å²) in [6.45, 7) is 0.477. The number of aromatic nitrogens is 2. The first kappa shape index (κ1) is 23.5. The van der Waals surface area contributed by atoms with Gasteiger partial charge in [-0.1, -0.05) is 46.3 Å². The molecule has 0 spiro atoms. The lowest BCUT2D eigenvalue weighted by molar-refractivity contribution is -0.232. The molecule has 1 amide bonds. The molecule has 0 saturated carbocycles. The van der Waals surface area contributed by atoms with E-state index in [2.05, 4.69) is 20.9 Å². The molecule has 4 N–H and O–H groups in total. The van der Waals surface area contributed by atoms with E-state index in [-0.39, 0.29) is 11.2 Å². The molecule has 4 rings (SSSR count). The standard InChI is InChI=1S/C22H22BrN3O7/c1-11(28)25(22-19(31)18(30)17(29)16(10-27)33-22)26-20(12-5-3-2-4-6-12)24-15-8-7-13(23)9-14(15)21(26)32/h2-9,16-19,22,27,29-31H,10H2,1H3/t16-,17+,18+,19-,22-/m1/s1. The maximum Gasteiger partial charge on any atom is 0.280 e. The highest BCUT2D eigenvalue weighted by molar-refractivity contribution is 9.10. The van der Waals surface area contributed by atoms with Crippen LogP contribution in [0.3, 0.4) is 0 Å². The minimum absolute atomic E-state index is 0.0996. The quantitative estimate of drug-likeness (QED) is 0.380. The number of aliphatic hydroxyl groups is 4. The van der Waals surface area contributed by atoms with Crippen LogP contribution < -0.4 is 10.6 Å². The molecule has 5 atom stereocenters. The molecule has 1 aromatic heterocycles. The van der Waals surface area contributed by atoms with Crippen molar-refractivity contribution in [2.24, 2.45) is 0 Å². The molecule has 0 aliphatic carbocycles. The number of hydrogen-bond acceptors (Lipinski definition) is 8. The minimum atomic E-state index is -1.78. The second-order valence-electron chi connectivity index (χ2n) is 7.66. The van der Waals surface area contributed by atoms with E-state index in [9.17, 15) is 30.0 Å². The van der Waals surface area contributed by atoms with Gasteiger partial charge in [0.15, 0.2) is 12.1 Å². The Balaban J connectivity index is 2.00. The van der Waals surface area contributed by atoms with E-state index >= 15 is 0 Å². The number of carbonyl (C=O) groups is 1. The number of nitrogens with zero attached hydrogens (tertiary/aromatic N) is 3. The molecule has 33 heavy (non-hydrogen) atoms. The van der Waals surface area contributed by atoms with Crippen LogP contribution in [0.15, 0.2) is 57.8 Å². The highest BCUT2D eigenvalue weighted by atomic mass is 79.9. The zero-order valence-corrected chi connectivity index (χ0v) is 19.0. The van der Waals surface area contributed by atoms with Crippen molar-refractivity contribution in [2.45, 2.75) is 37.6 Å². The Hall–Kier alpha value is -2.67. The second kappa shape index (κ2) is 9.29. The lowest BCUT2D eigenvalue weighted by Crippen LogP contribution is -2.67. The van der Waals surface area contributed by atoms with E-state index in [1.54, 1.807) is 48.5 Å². The van der Waals surface area contributed by atoms with Crippen LogP contribution in [0, 0.1) is 0 Å². The molecule has 0 bridgehead atoms. The van der Waals surface area contributed by atoms with Crippen molar-refractivity contribution in [3.05, 3.63) is 63.4 Å². The van der Waals surface area contributed by atoms with E-state index in [0.717, 1.165) is 16.6 Å². The molecular weight excluding hydrogens is 498 g/mol. The Bertz CT molecular complexity index is 1230. The maximum absolute atomic E-state index is 13.7. The molecule has 2 aromatic carbocycles. The Morgan fingerprint density at radius 2 is 1.82 bits per heavy atom. The fraction of sp³-hybridized carbons (Fsp3) is 0.318. The molecule has 1 fully saturated rings. The predicted molar refractivity (Wildman–Crippen MR) is 122 cm³/mol. The molecule has 0 unspecified atom stereocenters. The highest BCUT2D eigenvalue weighted by Crippen LogP contribution is 2.26. The Kier molecular flexibility index (Phi) is 6.61. The Labute approximate surface area is 196 Å². The molecule has 2 heterocycles. The van der Waals surface area contributed by atoms with Crippen molar-refractivity contribution >= 4 is 32.7 Å². The van der Waals surface area contributed by atoms with Crippen LogP contribution in [0.2, 0.25) is 0 Å². The van der Waals surface area contributed by atoms with Gasteiger partial charge in [0.05, 0.1) is 17.5 Å². The summed E-state index contributed by atoms with van der Waals surface area (Å²) >= 11 is 3.33. The van der Waals surface area contributed by atoms with Gasteiger partial charge in [-0.05, 0) is 18.2 Å². The molecular formula is C22H22BrN3O7. The largest absolute Gasteiger partial charge is 0.394 e. The summed E-state index contributed by atoms with van der Waals surface area (Å²) in [6.07, 6.45) is -7.99. The maximum atomic E-state index is 13.7. The monoisotopic (exact) mass is 519 g/mol. The van der Waals surface area contributed by atoms with Gasteiger partial charge in [0.1, 0.15) is 24.4 Å². The van der Waals surface area contributed by atoms with Crippen LogP contribution in [0.25, 0.3) is 22.3 Å². The highest BCUT2D eigenvalue weighted by Gasteiger charge is 2.47. The van der Waals surface area contributed by atoms with Crippen LogP contribution in [-0.2, 0) is 9.53 Å². The van der Waals surface area contributed by atoms with Crippen molar-refractivity contribution < 1.29 is 30.0 Å². The number of fused-ring (bicyclic) bond motifs is 1. The normalized spacial score (nSPS) is 25.2. The number of carbonyl (C=O) groups excluding carboxylic acids is 1. The van der Waals surface area contributed by atoms with Gasteiger partial charge in [-0.15, -0.1) is 0 Å². The van der Waals surface area contributed by atoms with Crippen molar-refractivity contribution in [3.63, 3.8) is 0 Å². The lowest BCUT2D eigenvalue weighted by Gasteiger charge is -2.44. The van der Waals surface area contributed by atoms with Gasteiger partial charge < -0.3 is 25.2 Å². The first-order valence-corrected chi connectivity index (χ1v) is 10.9. The minimum Gasteiger partial charge on any atom is -0.394 e. The van der Waals surface area contributed by atoms with Gasteiger partial charge >= 0.3 is 0 Å². The Morgan fingerprint density at radius 1 is 1.12 bits per heavy atom. The average Bonchev–Trinajstić information content (AvgIpc) is 2.81. The number of amides is 1. The van der Waals surface area contributed by atoms with Crippen molar-refractivity contribution in [1.82, 2.24) is 9.66 Å². The smallest absolute Gasteiger partial charge is 0.280 e. The third kappa shape index (κ3) is 4.19. The number of halogens is 1. The topological polar surface area (TPSA) is 145 Å². The van der Waals surface area contributed by atoms with Gasteiger partial charge in [-0.25, -0.2) is 9.99 Å². The third-order valence-corrected chi connectivity index (χ3v) is 5.98. The predicted octanol–water partition coefficient (Wildman–Crippen LogP) is 0.110. The summed E-state index contributed by atoms with van der Waals surface area (Å²) < 4.78 is 7.19. The summed E-state index contributed by atoms with van der Waals surface area (Å²) in [7, 11) is 0. The van der Waals surface area contributed by atoms with Crippen molar-refractivity contribution in [1.29, 1.82) is 0 Å². The molecule has 10 nitrogen and oxygen atoms in total. The summed E-state index contributed by atoms with van der Waals surface area (Å²) in [6, 6.07) is 13.6. The van der Waals surface area contributed by atoms with Gasteiger partial charge in [0, 0.05) is 17.0 Å². The number of benzene rings is 2. The Morgan fingerprint density at radius 3 is 2.45 bits per heavy atom. The van der Waals surface area contributed by atoms with Crippen LogP contribution in [0.1, 0.15) is 6.92 Å². The second-order valence-corrected chi connectivity index (χ2v) is 8.58. The number of ether oxygens (including phenoxy) is 1. The molecule has 11 heteroatoms. The molecule has 0 radical (unpaired) electrons. The molecule has 174 valence electrons. The van der Waals surface area contributed by atoms with Gasteiger partial charge in [0.25, 0.3) is 5.56 Å². The van der Waals surface area contributed by atoms with Crippen LogP contribution >= 0.6 is 15.9 Å². The lowest BCUT2D eigenvalue weighted by atomic mass is 9.98.